The number of nitrogens with zero attached hydrogens (tertiary/aromatic N) is 4. The molecule has 9 heteroatoms. The van der Waals surface area contributed by atoms with Crippen LogP contribution in [0.4, 0.5) is 20.6 Å². The zero-order valence-electron chi connectivity index (χ0n) is 22.4. The molecule has 202 valence electrons. The summed E-state index contributed by atoms with van der Waals surface area (Å²) in [5.74, 6) is -0.560. The second kappa shape index (κ2) is 11.7. The number of halogens is 1. The highest BCUT2D eigenvalue weighted by Gasteiger charge is 2.29. The largest absolute Gasteiger partial charge is 0.444 e. The first-order valence-corrected chi connectivity index (χ1v) is 13.2. The lowest BCUT2D eigenvalue weighted by molar-refractivity contribution is -0.122. The monoisotopic (exact) mass is 521 g/mol. The van der Waals surface area contributed by atoms with Gasteiger partial charge >= 0.3 is 6.09 Å². The lowest BCUT2D eigenvalue weighted by atomic mass is 9.98. The van der Waals surface area contributed by atoms with Gasteiger partial charge in [-0.1, -0.05) is 12.1 Å². The highest BCUT2D eigenvalue weighted by Crippen LogP contribution is 2.32. The molecule has 2 fully saturated rings. The van der Waals surface area contributed by atoms with E-state index in [1.807, 2.05) is 62.1 Å². The first kappa shape index (κ1) is 27.2. The summed E-state index contributed by atoms with van der Waals surface area (Å²) >= 11 is 0. The minimum atomic E-state index is -0.514. The van der Waals surface area contributed by atoms with E-state index in [1.165, 1.54) is 12.1 Å². The number of hydrogen-bond donors (Lipinski definition) is 1. The Morgan fingerprint density at radius 1 is 1.00 bits per heavy atom. The minimum absolute atomic E-state index is 0.0417. The number of carbonyl (C=O) groups is 2. The van der Waals surface area contributed by atoms with Gasteiger partial charge in [0.05, 0.1) is 6.07 Å². The van der Waals surface area contributed by atoms with Gasteiger partial charge in [-0.3, -0.25) is 4.79 Å². The van der Waals surface area contributed by atoms with Crippen molar-refractivity contribution in [1.82, 2.24) is 10.2 Å². The molecule has 2 aliphatic heterocycles. The first-order valence-electron chi connectivity index (χ1n) is 13.2. The maximum atomic E-state index is 14.8. The molecule has 2 amide bonds. The van der Waals surface area contributed by atoms with Gasteiger partial charge in [-0.05, 0) is 81.5 Å². The summed E-state index contributed by atoms with van der Waals surface area (Å²) in [6.45, 7) is 8.78. The number of benzene rings is 2. The fourth-order valence-corrected chi connectivity index (χ4v) is 5.00. The molecule has 2 heterocycles. The maximum Gasteiger partial charge on any atom is 0.410 e. The molecule has 2 aromatic carbocycles. The number of carbonyl (C=O) groups excluding carboxylic acids is 2. The molecule has 2 aromatic rings. The number of hydrogen-bond acceptors (Lipinski definition) is 6. The standard InChI is InChI=1S/C29H36FN5O3/c1-29(2,3)38-28(37)34-16-14-33(15-17-34)24-9-7-21(8-10-24)22-18-23(30)20-25(19-22)35-13-5-4-6-26(35)27(36)32-12-11-31/h7-10,18-20,26H,4-6,12-17H2,1-3H3,(H,32,36). The number of piperidine rings is 1. The Morgan fingerprint density at radius 2 is 1.71 bits per heavy atom. The van der Waals surface area contributed by atoms with Crippen molar-refractivity contribution in [3.05, 3.63) is 48.3 Å². The Morgan fingerprint density at radius 3 is 2.37 bits per heavy atom. The van der Waals surface area contributed by atoms with Crippen LogP contribution in [0.1, 0.15) is 40.0 Å². The average molecular weight is 522 g/mol. The highest BCUT2D eigenvalue weighted by molar-refractivity contribution is 5.86. The van der Waals surface area contributed by atoms with Crippen LogP contribution in [0.2, 0.25) is 0 Å². The van der Waals surface area contributed by atoms with E-state index in [4.69, 9.17) is 10.00 Å². The Labute approximate surface area is 224 Å². The summed E-state index contributed by atoms with van der Waals surface area (Å²) in [5.41, 5.74) is 2.81. The minimum Gasteiger partial charge on any atom is -0.444 e. The molecule has 4 rings (SSSR count). The zero-order chi connectivity index (χ0) is 27.3. The third kappa shape index (κ3) is 6.74. The molecule has 0 bridgehead atoms. The molecule has 8 nitrogen and oxygen atoms in total. The predicted molar refractivity (Wildman–Crippen MR) is 145 cm³/mol. The van der Waals surface area contributed by atoms with Gasteiger partial charge in [-0.15, -0.1) is 0 Å². The van der Waals surface area contributed by atoms with Crippen LogP contribution in [-0.2, 0) is 9.53 Å². The van der Waals surface area contributed by atoms with Crippen molar-refractivity contribution in [3.63, 3.8) is 0 Å². The topological polar surface area (TPSA) is 88.9 Å². The van der Waals surface area contributed by atoms with Crippen molar-refractivity contribution in [2.75, 3.05) is 49.1 Å². The first-order chi connectivity index (χ1) is 18.1. The molecule has 1 unspecified atom stereocenters. The van der Waals surface area contributed by atoms with Gasteiger partial charge in [0.15, 0.2) is 0 Å². The molecule has 2 aliphatic rings. The normalized spacial score (nSPS) is 18.1. The van der Waals surface area contributed by atoms with Crippen molar-refractivity contribution < 1.29 is 18.7 Å². The van der Waals surface area contributed by atoms with Crippen molar-refractivity contribution in [3.8, 4) is 17.2 Å². The van der Waals surface area contributed by atoms with Gasteiger partial charge in [0, 0.05) is 44.1 Å². The van der Waals surface area contributed by atoms with E-state index in [0.717, 1.165) is 29.7 Å². The summed E-state index contributed by atoms with van der Waals surface area (Å²) in [4.78, 5) is 30.9. The van der Waals surface area contributed by atoms with Gasteiger partial charge in [0.25, 0.3) is 0 Å². The lowest BCUT2D eigenvalue weighted by Crippen LogP contribution is -2.50. The lowest BCUT2D eigenvalue weighted by Gasteiger charge is -2.37. The van der Waals surface area contributed by atoms with Gasteiger partial charge in [-0.2, -0.15) is 5.26 Å². The molecule has 0 saturated carbocycles. The quantitative estimate of drug-likeness (QED) is 0.581. The average Bonchev–Trinajstić information content (AvgIpc) is 2.90. The molecule has 1 N–H and O–H groups in total. The van der Waals surface area contributed by atoms with Crippen molar-refractivity contribution in [2.45, 2.75) is 51.7 Å². The third-order valence-corrected chi connectivity index (χ3v) is 6.86. The van der Waals surface area contributed by atoms with Crippen LogP contribution >= 0.6 is 0 Å². The second-order valence-electron chi connectivity index (χ2n) is 10.8. The van der Waals surface area contributed by atoms with Gasteiger partial charge in [0.2, 0.25) is 5.91 Å². The van der Waals surface area contributed by atoms with E-state index in [1.54, 1.807) is 4.90 Å². The summed E-state index contributed by atoms with van der Waals surface area (Å²) in [6, 6.07) is 14.4. The molecular weight excluding hydrogens is 485 g/mol. The number of amides is 2. The van der Waals surface area contributed by atoms with Crippen LogP contribution in [0.25, 0.3) is 11.1 Å². The number of rotatable bonds is 5. The number of nitriles is 1. The highest BCUT2D eigenvalue weighted by atomic mass is 19.1. The van der Waals surface area contributed by atoms with Crippen LogP contribution in [-0.4, -0.2) is 67.8 Å². The summed E-state index contributed by atoms with van der Waals surface area (Å²) in [5, 5.41) is 11.5. The van der Waals surface area contributed by atoms with Crippen molar-refractivity contribution >= 4 is 23.4 Å². The van der Waals surface area contributed by atoms with Crippen LogP contribution in [0.15, 0.2) is 42.5 Å². The predicted octanol–water partition coefficient (Wildman–Crippen LogP) is 4.55. The Kier molecular flexibility index (Phi) is 8.40. The summed E-state index contributed by atoms with van der Waals surface area (Å²) in [7, 11) is 0. The van der Waals surface area contributed by atoms with Crippen molar-refractivity contribution in [2.24, 2.45) is 0 Å². The van der Waals surface area contributed by atoms with Gasteiger partial charge in [-0.25, -0.2) is 9.18 Å². The SMILES string of the molecule is CC(C)(C)OC(=O)N1CCN(c2ccc(-c3cc(F)cc(N4CCCCC4C(=O)NCC#N)c3)cc2)CC1. The number of anilines is 2. The second-order valence-corrected chi connectivity index (χ2v) is 10.8. The van der Waals surface area contributed by atoms with E-state index >= 15 is 0 Å². The van der Waals surface area contributed by atoms with E-state index in [9.17, 15) is 14.0 Å². The maximum absolute atomic E-state index is 14.8. The van der Waals surface area contributed by atoms with Crippen molar-refractivity contribution in [1.29, 1.82) is 5.26 Å². The fourth-order valence-electron chi connectivity index (χ4n) is 5.00. The molecule has 0 aromatic heterocycles. The van der Waals surface area contributed by atoms with Crippen LogP contribution in [0.3, 0.4) is 0 Å². The molecule has 0 aliphatic carbocycles. The fraction of sp³-hybridized carbons (Fsp3) is 0.483. The number of piperazine rings is 1. The number of ether oxygens (including phenoxy) is 1. The van der Waals surface area contributed by atoms with Crippen LogP contribution < -0.4 is 15.1 Å². The zero-order valence-corrected chi connectivity index (χ0v) is 22.4. The Hall–Kier alpha value is -3.80. The van der Waals surface area contributed by atoms with E-state index in [-0.39, 0.29) is 24.4 Å². The van der Waals surface area contributed by atoms with Gasteiger partial charge < -0.3 is 24.8 Å². The number of nitrogens with one attached hydrogen (secondary N) is 1. The van der Waals surface area contributed by atoms with Crippen LogP contribution in [0.5, 0.6) is 0 Å². The summed E-state index contributed by atoms with van der Waals surface area (Å²) in [6.07, 6.45) is 2.22. The molecule has 38 heavy (non-hydrogen) atoms. The van der Waals surface area contributed by atoms with E-state index in [2.05, 4.69) is 10.2 Å². The molecule has 0 spiro atoms. The molecule has 0 radical (unpaired) electrons. The summed E-state index contributed by atoms with van der Waals surface area (Å²) < 4.78 is 20.2. The van der Waals surface area contributed by atoms with E-state index < -0.39 is 11.6 Å². The van der Waals surface area contributed by atoms with Crippen LogP contribution in [0, 0.1) is 17.1 Å². The van der Waals surface area contributed by atoms with Gasteiger partial charge in [0.1, 0.15) is 24.0 Å². The molecule has 1 atom stereocenters. The Balaban J connectivity index is 1.45. The molecular formula is C29H36FN5O3. The third-order valence-electron chi connectivity index (χ3n) is 6.86. The smallest absolute Gasteiger partial charge is 0.410 e. The Bertz CT molecular complexity index is 1180. The van der Waals surface area contributed by atoms with E-state index in [0.29, 0.717) is 44.8 Å². The molecule has 2 saturated heterocycles.